The summed E-state index contributed by atoms with van der Waals surface area (Å²) in [4.78, 5) is 15.2. The van der Waals surface area contributed by atoms with E-state index in [1.165, 1.54) is 4.90 Å². The molecular formula is C20H22BrNO2S. The second kappa shape index (κ2) is 8.39. The first-order valence-corrected chi connectivity index (χ1v) is 10.5. The van der Waals surface area contributed by atoms with Crippen LogP contribution >= 0.6 is 27.7 Å². The van der Waals surface area contributed by atoms with Crippen molar-refractivity contribution >= 4 is 33.7 Å². The van der Waals surface area contributed by atoms with Gasteiger partial charge < -0.3 is 5.11 Å². The minimum absolute atomic E-state index is 0.0465. The molecule has 3 rings (SSSR count). The molecule has 2 atom stereocenters. The molecule has 1 aliphatic heterocycles. The third-order valence-electron chi connectivity index (χ3n) is 4.76. The topological polar surface area (TPSA) is 40.5 Å². The van der Waals surface area contributed by atoms with Crippen LogP contribution < -0.4 is 0 Å². The number of carboxylic acid groups (broad SMARTS) is 1. The number of hydrogen-bond acceptors (Lipinski definition) is 3. The summed E-state index contributed by atoms with van der Waals surface area (Å²) in [5, 5.41) is 9.73. The molecule has 5 heteroatoms. The molecule has 132 valence electrons. The minimum Gasteiger partial charge on any atom is -0.480 e. The van der Waals surface area contributed by atoms with E-state index in [-0.39, 0.29) is 6.04 Å². The summed E-state index contributed by atoms with van der Waals surface area (Å²) >= 11 is 5.27. The van der Waals surface area contributed by atoms with Crippen molar-refractivity contribution in [3.8, 4) is 0 Å². The number of carboxylic acids is 1. The first kappa shape index (κ1) is 18.5. The van der Waals surface area contributed by atoms with Crippen LogP contribution in [0.3, 0.4) is 0 Å². The van der Waals surface area contributed by atoms with Crippen LogP contribution in [-0.4, -0.2) is 34.8 Å². The van der Waals surface area contributed by atoms with E-state index in [2.05, 4.69) is 63.5 Å². The molecule has 1 aliphatic rings. The van der Waals surface area contributed by atoms with Crippen LogP contribution in [0.25, 0.3) is 0 Å². The van der Waals surface area contributed by atoms with E-state index in [1.54, 1.807) is 11.8 Å². The van der Waals surface area contributed by atoms with Crippen molar-refractivity contribution in [3.05, 3.63) is 64.1 Å². The summed E-state index contributed by atoms with van der Waals surface area (Å²) in [6.07, 6.45) is 4.79. The molecule has 0 radical (unpaired) electrons. The minimum atomic E-state index is -0.722. The van der Waals surface area contributed by atoms with Gasteiger partial charge in [0.2, 0.25) is 0 Å². The van der Waals surface area contributed by atoms with Crippen LogP contribution in [0, 0.1) is 0 Å². The van der Waals surface area contributed by atoms with Gasteiger partial charge in [-0.2, -0.15) is 0 Å². The lowest BCUT2D eigenvalue weighted by molar-refractivity contribution is -0.145. The molecule has 1 saturated heterocycles. The van der Waals surface area contributed by atoms with Crippen LogP contribution in [-0.2, 0) is 4.79 Å². The fourth-order valence-corrected chi connectivity index (χ4v) is 4.39. The maximum atomic E-state index is 11.8. The number of benzene rings is 2. The molecule has 0 spiro atoms. The maximum absolute atomic E-state index is 11.8. The predicted octanol–water partition coefficient (Wildman–Crippen LogP) is 5.20. The summed E-state index contributed by atoms with van der Waals surface area (Å²) in [6.45, 7) is 0.804. The molecule has 0 amide bonds. The van der Waals surface area contributed by atoms with Gasteiger partial charge in [0.15, 0.2) is 0 Å². The van der Waals surface area contributed by atoms with Crippen molar-refractivity contribution in [1.82, 2.24) is 4.90 Å². The van der Waals surface area contributed by atoms with Crippen molar-refractivity contribution in [1.29, 1.82) is 0 Å². The Kier molecular flexibility index (Phi) is 6.20. The number of aliphatic carboxylic acids is 1. The first-order chi connectivity index (χ1) is 12.1. The molecular weight excluding hydrogens is 398 g/mol. The smallest absolute Gasteiger partial charge is 0.320 e. The average molecular weight is 420 g/mol. The molecule has 1 heterocycles. The number of nitrogens with zero attached hydrogens (tertiary/aromatic N) is 1. The second-order valence-electron chi connectivity index (χ2n) is 6.32. The fraction of sp³-hybridized carbons (Fsp3) is 0.350. The number of halogens is 1. The third-order valence-corrected chi connectivity index (χ3v) is 5.99. The molecule has 0 aliphatic carbocycles. The monoisotopic (exact) mass is 419 g/mol. The van der Waals surface area contributed by atoms with E-state index < -0.39 is 12.0 Å². The lowest BCUT2D eigenvalue weighted by Gasteiger charge is -2.39. The Labute approximate surface area is 161 Å². The third kappa shape index (κ3) is 4.27. The lowest BCUT2D eigenvalue weighted by atomic mass is 9.92. The first-order valence-electron chi connectivity index (χ1n) is 8.48. The van der Waals surface area contributed by atoms with Crippen LogP contribution in [0.5, 0.6) is 0 Å². The van der Waals surface area contributed by atoms with E-state index in [0.717, 1.165) is 35.0 Å². The highest BCUT2D eigenvalue weighted by Gasteiger charge is 2.35. The number of likely N-dealkylation sites (tertiary alicyclic amines) is 1. The average Bonchev–Trinajstić information content (AvgIpc) is 2.63. The molecule has 1 fully saturated rings. The van der Waals surface area contributed by atoms with Gasteiger partial charge in [-0.05, 0) is 61.0 Å². The SMILES string of the molecule is CSc1ccc(C(c2cccc(Br)c2)N2CCCCC2C(=O)O)cc1. The number of thioether (sulfide) groups is 1. The lowest BCUT2D eigenvalue weighted by Crippen LogP contribution is -2.46. The van der Waals surface area contributed by atoms with Gasteiger partial charge in [0.25, 0.3) is 0 Å². The molecule has 0 aromatic heterocycles. The van der Waals surface area contributed by atoms with E-state index in [4.69, 9.17) is 0 Å². The van der Waals surface area contributed by atoms with Gasteiger partial charge in [-0.3, -0.25) is 9.69 Å². The highest BCUT2D eigenvalue weighted by molar-refractivity contribution is 9.10. The highest BCUT2D eigenvalue weighted by Crippen LogP contribution is 2.35. The van der Waals surface area contributed by atoms with Gasteiger partial charge in [0.05, 0.1) is 6.04 Å². The van der Waals surface area contributed by atoms with E-state index in [9.17, 15) is 9.90 Å². The Morgan fingerprint density at radius 2 is 1.96 bits per heavy atom. The summed E-state index contributed by atoms with van der Waals surface area (Å²) in [5.74, 6) is -0.722. The number of carbonyl (C=O) groups is 1. The number of piperidine rings is 1. The van der Waals surface area contributed by atoms with Crippen LogP contribution in [0.2, 0.25) is 0 Å². The highest BCUT2D eigenvalue weighted by atomic mass is 79.9. The number of hydrogen-bond donors (Lipinski definition) is 1. The Hall–Kier alpha value is -1.30. The van der Waals surface area contributed by atoms with Gasteiger partial charge >= 0.3 is 5.97 Å². The quantitative estimate of drug-likeness (QED) is 0.675. The molecule has 0 saturated carbocycles. The predicted molar refractivity (Wildman–Crippen MR) is 106 cm³/mol. The van der Waals surface area contributed by atoms with Crippen LogP contribution in [0.1, 0.15) is 36.4 Å². The van der Waals surface area contributed by atoms with Crippen molar-refractivity contribution in [2.75, 3.05) is 12.8 Å². The molecule has 3 nitrogen and oxygen atoms in total. The summed E-state index contributed by atoms with van der Waals surface area (Å²) in [6, 6.07) is 16.2. The van der Waals surface area contributed by atoms with Crippen LogP contribution in [0.15, 0.2) is 57.9 Å². The van der Waals surface area contributed by atoms with E-state index in [0.29, 0.717) is 6.42 Å². The molecule has 2 unspecified atom stereocenters. The normalized spacial score (nSPS) is 19.5. The van der Waals surface area contributed by atoms with Gasteiger partial charge in [0, 0.05) is 9.37 Å². The van der Waals surface area contributed by atoms with E-state index in [1.807, 2.05) is 12.1 Å². The zero-order valence-electron chi connectivity index (χ0n) is 14.2. The fourth-order valence-electron chi connectivity index (χ4n) is 3.57. The standard InChI is InChI=1S/C20H22BrNO2S/c1-25-17-10-8-14(9-11-17)19(15-5-4-6-16(21)13-15)22-12-3-2-7-18(22)20(23)24/h4-6,8-11,13,18-19H,2-3,7,12H2,1H3,(H,23,24). The molecule has 1 N–H and O–H groups in total. The Balaban J connectivity index is 2.05. The molecule has 2 aromatic carbocycles. The van der Waals surface area contributed by atoms with Gasteiger partial charge in [-0.1, -0.05) is 46.6 Å². The van der Waals surface area contributed by atoms with Crippen molar-refractivity contribution in [3.63, 3.8) is 0 Å². The zero-order chi connectivity index (χ0) is 17.8. The Bertz CT molecular complexity index is 735. The summed E-state index contributed by atoms with van der Waals surface area (Å²) in [5.41, 5.74) is 2.27. The van der Waals surface area contributed by atoms with Gasteiger partial charge in [-0.25, -0.2) is 0 Å². The molecule has 0 bridgehead atoms. The Morgan fingerprint density at radius 3 is 2.60 bits per heavy atom. The van der Waals surface area contributed by atoms with Crippen molar-refractivity contribution in [2.24, 2.45) is 0 Å². The maximum Gasteiger partial charge on any atom is 0.320 e. The molecule has 25 heavy (non-hydrogen) atoms. The largest absolute Gasteiger partial charge is 0.480 e. The van der Waals surface area contributed by atoms with Crippen molar-refractivity contribution in [2.45, 2.75) is 36.2 Å². The summed E-state index contributed by atoms with van der Waals surface area (Å²) < 4.78 is 1.01. The van der Waals surface area contributed by atoms with Crippen LogP contribution in [0.4, 0.5) is 0 Å². The second-order valence-corrected chi connectivity index (χ2v) is 8.11. The van der Waals surface area contributed by atoms with Crippen molar-refractivity contribution < 1.29 is 9.90 Å². The van der Waals surface area contributed by atoms with E-state index >= 15 is 0 Å². The number of rotatable bonds is 5. The summed E-state index contributed by atoms with van der Waals surface area (Å²) in [7, 11) is 0. The van der Waals surface area contributed by atoms with Gasteiger partial charge in [0.1, 0.15) is 6.04 Å². The van der Waals surface area contributed by atoms with Gasteiger partial charge in [-0.15, -0.1) is 11.8 Å². The zero-order valence-corrected chi connectivity index (χ0v) is 16.6. The molecule has 2 aromatic rings. The Morgan fingerprint density at radius 1 is 1.20 bits per heavy atom.